The van der Waals surface area contributed by atoms with E-state index in [1.165, 1.54) is 11.1 Å². The number of carbonyl (C=O) groups excluding carboxylic acids is 2. The number of benzene rings is 4. The molecule has 4 fully saturated rings. The van der Waals surface area contributed by atoms with E-state index in [2.05, 4.69) is 119 Å². The Labute approximate surface area is 502 Å². The van der Waals surface area contributed by atoms with Crippen molar-refractivity contribution in [2.75, 3.05) is 36.0 Å². The van der Waals surface area contributed by atoms with Crippen LogP contribution in [0.4, 0.5) is 32.3 Å². The molecule has 2 atom stereocenters. The van der Waals surface area contributed by atoms with Crippen LogP contribution in [0.5, 0.6) is 23.0 Å². The van der Waals surface area contributed by atoms with E-state index in [1.54, 1.807) is 4.90 Å². The second-order valence-electron chi connectivity index (χ2n) is 27.9. The summed E-state index contributed by atoms with van der Waals surface area (Å²) in [5.74, 6) is 4.12. The average Bonchev–Trinajstić information content (AvgIpc) is 1.78. The number of nitrogens with one attached hydrogen (secondary N) is 1. The topological polar surface area (TPSA) is 162 Å². The van der Waals surface area contributed by atoms with E-state index in [9.17, 15) is 9.59 Å². The molecule has 17 nitrogen and oxygen atoms in total. The number of amides is 2. The van der Waals surface area contributed by atoms with Gasteiger partial charge in [0, 0.05) is 50.1 Å². The van der Waals surface area contributed by atoms with Gasteiger partial charge in [0.1, 0.15) is 17.0 Å². The highest BCUT2D eigenvalue weighted by Gasteiger charge is 2.54. The van der Waals surface area contributed by atoms with E-state index in [0.717, 1.165) is 142 Å². The predicted molar refractivity (Wildman–Crippen MR) is 334 cm³/mol. The molecule has 0 spiro atoms. The zero-order valence-electron chi connectivity index (χ0n) is 51.3. The number of anilines is 4. The number of fused-ring (bicyclic) bond motifs is 4. The van der Waals surface area contributed by atoms with Gasteiger partial charge >= 0.3 is 26.4 Å². The second-order valence-corrected chi connectivity index (χ2v) is 27.9. The van der Waals surface area contributed by atoms with E-state index in [0.29, 0.717) is 19.5 Å². The number of aromatic nitrogens is 2. The number of nitrogens with zero attached hydrogens (tertiary/aromatic N) is 6. The predicted octanol–water partition coefficient (Wildman–Crippen LogP) is 13.3. The quantitative estimate of drug-likeness (QED) is 0.160. The minimum Gasteiger partial charge on any atom is -0.453 e. The second kappa shape index (κ2) is 20.7. The van der Waals surface area contributed by atoms with E-state index < -0.39 is 25.4 Å². The van der Waals surface area contributed by atoms with Crippen molar-refractivity contribution >= 4 is 71.4 Å². The Morgan fingerprint density at radius 3 is 1.71 bits per heavy atom. The van der Waals surface area contributed by atoms with Crippen LogP contribution in [0.1, 0.15) is 165 Å². The molecule has 9 aliphatic rings. The van der Waals surface area contributed by atoms with Crippen molar-refractivity contribution in [2.24, 2.45) is 4.99 Å². The molecule has 0 bridgehead atoms. The summed E-state index contributed by atoms with van der Waals surface area (Å²) in [7, 11) is -0.805. The zero-order chi connectivity index (χ0) is 59.2. The summed E-state index contributed by atoms with van der Waals surface area (Å²) in [5.41, 5.74) is 11.5. The number of imidazole rings is 1. The third kappa shape index (κ3) is 10.6. The minimum atomic E-state index is -0.549. The number of rotatable bonds is 6. The molecule has 448 valence electrons. The van der Waals surface area contributed by atoms with Gasteiger partial charge in [-0.15, -0.1) is 0 Å². The number of ether oxygens (including phenoxy) is 4. The fraction of sp³-hybridized carbons (Fsp3) is 0.515. The maximum Gasteiger partial charge on any atom is 0.494 e. The van der Waals surface area contributed by atoms with E-state index in [1.807, 2.05) is 71.0 Å². The van der Waals surface area contributed by atoms with Gasteiger partial charge < -0.3 is 52.3 Å². The van der Waals surface area contributed by atoms with Crippen LogP contribution in [0.2, 0.25) is 0 Å². The Bertz CT molecular complexity index is 3540. The largest absolute Gasteiger partial charge is 0.494 e. The van der Waals surface area contributed by atoms with Gasteiger partial charge in [0.05, 0.1) is 69.1 Å². The molecular formula is C66H83B2N7O10. The lowest BCUT2D eigenvalue weighted by Crippen LogP contribution is -2.43. The Morgan fingerprint density at radius 2 is 1.12 bits per heavy atom. The number of hydrogen-bond acceptors (Lipinski definition) is 14. The standard InChI is InChI=1S/C39H46N6O5.C26H33B2NO5.CH4/c1-38(2,3)49-36(46)44-14-7-9-29(44)27-18-26(21-40-27)23-11-12-32-31(19-23)43-16-13-24-17-25(20-33(48-32)34(24)43)28-22-41-35(42-28)30-10-8-15-45(30)37(47)50-39(4,5)6;1-23(2)24(3,4)32-27(31-23)17-9-10-20-19(14-17)29-12-11-16-13-18(15-21(30-20)22(16)29)28-33-25(5,6)26(7,8)34-28;/h11-12,17,19-22,29-30H,7-10,13-16,18H2,1-6H3,(H,41,42);9-10,13-15H,11-12H2,1-8H3;1H4/t29-,30-;;/m0../s1. The molecule has 10 heterocycles. The molecule has 9 aliphatic heterocycles. The lowest BCUT2D eigenvalue weighted by Gasteiger charge is -2.32. The van der Waals surface area contributed by atoms with Gasteiger partial charge in [-0.25, -0.2) is 14.6 Å². The monoisotopic (exact) mass is 1160 g/mol. The molecule has 0 saturated carbocycles. The summed E-state index contributed by atoms with van der Waals surface area (Å²) < 4.78 is 49.6. The fourth-order valence-electron chi connectivity index (χ4n) is 12.9. The molecule has 1 N–H and O–H groups in total. The van der Waals surface area contributed by atoms with Crippen molar-refractivity contribution in [1.82, 2.24) is 19.8 Å². The number of carbonyl (C=O) groups is 2. The smallest absolute Gasteiger partial charge is 0.453 e. The SMILES string of the molecule is C.CC(C)(C)OC(=O)N1CCC[C@H]1C1=NC=C(c2ccc3c(c2)N2CCc4cc(-c5cnc([C@@H]6CCCN6C(=O)OC(C)(C)C)[nH]5)cc(c42)O3)C1.CC1(C)OB(c2cc3c4c(c2)Oc2ccc(B5OC(C)(C)C(C)(C)O5)cc2N4CC3)OC1(C)C. The van der Waals surface area contributed by atoms with E-state index >= 15 is 0 Å². The molecule has 1 aromatic heterocycles. The van der Waals surface area contributed by atoms with Crippen molar-refractivity contribution in [1.29, 1.82) is 0 Å². The van der Waals surface area contributed by atoms with Crippen LogP contribution in [0.25, 0.3) is 16.8 Å². The van der Waals surface area contributed by atoms with Gasteiger partial charge in [-0.3, -0.25) is 14.8 Å². The Morgan fingerprint density at radius 1 is 0.600 bits per heavy atom. The van der Waals surface area contributed by atoms with Gasteiger partial charge in [0.15, 0.2) is 23.0 Å². The molecule has 0 radical (unpaired) electrons. The van der Waals surface area contributed by atoms with Crippen molar-refractivity contribution in [3.05, 3.63) is 95.6 Å². The van der Waals surface area contributed by atoms with Crippen LogP contribution in [-0.2, 0) is 40.9 Å². The Balaban J connectivity index is 0.000000177. The summed E-state index contributed by atoms with van der Waals surface area (Å²) >= 11 is 0. The highest BCUT2D eigenvalue weighted by molar-refractivity contribution is 6.62. The van der Waals surface area contributed by atoms with Crippen LogP contribution in [-0.4, -0.2) is 118 Å². The number of aliphatic imine (C=N–C) groups is 1. The van der Waals surface area contributed by atoms with Gasteiger partial charge in [-0.05, 0) is 211 Å². The first-order valence-corrected chi connectivity index (χ1v) is 30.1. The number of H-pyrrole nitrogens is 1. The first kappa shape index (κ1) is 58.6. The third-order valence-electron chi connectivity index (χ3n) is 18.6. The molecule has 19 heteroatoms. The molecular weight excluding hydrogens is 1070 g/mol. The van der Waals surface area contributed by atoms with Crippen LogP contribution in [0, 0.1) is 0 Å². The van der Waals surface area contributed by atoms with Crippen LogP contribution in [0.15, 0.2) is 78.1 Å². The van der Waals surface area contributed by atoms with Crippen LogP contribution in [0.3, 0.4) is 0 Å². The van der Waals surface area contributed by atoms with Crippen LogP contribution < -0.4 is 30.2 Å². The lowest BCUT2D eigenvalue weighted by atomic mass is 9.77. The van der Waals surface area contributed by atoms with Crippen molar-refractivity contribution in [3.63, 3.8) is 0 Å². The molecule has 2 amide bonds. The summed E-state index contributed by atoms with van der Waals surface area (Å²) in [6.45, 7) is 31.1. The number of likely N-dealkylation sites (tertiary alicyclic amines) is 2. The molecule has 85 heavy (non-hydrogen) atoms. The van der Waals surface area contributed by atoms with Gasteiger partial charge in [-0.1, -0.05) is 25.6 Å². The summed E-state index contributed by atoms with van der Waals surface area (Å²) in [4.78, 5) is 47.3. The molecule has 4 saturated heterocycles. The number of aromatic amines is 1. The molecule has 14 rings (SSSR count). The maximum absolute atomic E-state index is 12.9. The molecule has 0 aliphatic carbocycles. The normalized spacial score (nSPS) is 22.3. The molecule has 4 aromatic carbocycles. The first-order chi connectivity index (χ1) is 39.6. The summed E-state index contributed by atoms with van der Waals surface area (Å²) in [6.07, 6.45) is 9.40. The highest BCUT2D eigenvalue weighted by atomic mass is 16.7. The average molecular weight is 1160 g/mol. The van der Waals surface area contributed by atoms with E-state index in [4.69, 9.17) is 47.5 Å². The van der Waals surface area contributed by atoms with Gasteiger partial charge in [0.2, 0.25) is 0 Å². The zero-order valence-corrected chi connectivity index (χ0v) is 51.3. The Kier molecular flexibility index (Phi) is 14.3. The summed E-state index contributed by atoms with van der Waals surface area (Å²) in [5, 5.41) is 0. The summed E-state index contributed by atoms with van der Waals surface area (Å²) in [6, 6.07) is 21.0. The number of allylic oxidation sites excluding steroid dienone is 1. The molecule has 0 unspecified atom stereocenters. The van der Waals surface area contributed by atoms with Crippen molar-refractivity contribution in [3.8, 4) is 34.3 Å². The van der Waals surface area contributed by atoms with Crippen LogP contribution >= 0.6 is 0 Å². The van der Waals surface area contributed by atoms with E-state index in [-0.39, 0.29) is 54.1 Å². The maximum atomic E-state index is 12.9. The van der Waals surface area contributed by atoms with Crippen molar-refractivity contribution < 1.29 is 47.2 Å². The highest BCUT2D eigenvalue weighted by Crippen LogP contribution is 2.54. The van der Waals surface area contributed by atoms with Gasteiger partial charge in [-0.2, -0.15) is 0 Å². The van der Waals surface area contributed by atoms with Crippen molar-refractivity contribution in [2.45, 2.75) is 195 Å². The first-order valence-electron chi connectivity index (χ1n) is 30.1. The molecule has 5 aromatic rings. The fourth-order valence-corrected chi connectivity index (χ4v) is 12.9. The lowest BCUT2D eigenvalue weighted by molar-refractivity contribution is 0.00578. The third-order valence-corrected chi connectivity index (χ3v) is 18.6. The van der Waals surface area contributed by atoms with Gasteiger partial charge in [0.25, 0.3) is 0 Å². The minimum absolute atomic E-state index is 0. The Hall–Kier alpha value is -6.79. The number of hydrogen-bond donors (Lipinski definition) is 1.